The predicted molar refractivity (Wildman–Crippen MR) is 88.2 cm³/mol. The largest absolute Gasteiger partial charge is 0.389 e. The van der Waals surface area contributed by atoms with Crippen molar-refractivity contribution in [1.82, 2.24) is 4.98 Å². The third-order valence-electron chi connectivity index (χ3n) is 3.35. The second kappa shape index (κ2) is 6.48. The van der Waals surface area contributed by atoms with Crippen LogP contribution in [-0.2, 0) is 6.42 Å². The topological polar surface area (TPSA) is 50.9 Å². The minimum atomic E-state index is 0.383. The fourth-order valence-corrected chi connectivity index (χ4v) is 2.47. The van der Waals surface area contributed by atoms with Gasteiger partial charge in [-0.2, -0.15) is 0 Å². The van der Waals surface area contributed by atoms with Crippen LogP contribution < -0.4 is 11.1 Å². The lowest BCUT2D eigenvalue weighted by Crippen LogP contribution is -2.17. The van der Waals surface area contributed by atoms with Gasteiger partial charge in [-0.05, 0) is 43.0 Å². The summed E-state index contributed by atoms with van der Waals surface area (Å²) in [4.78, 5) is 4.72. The fraction of sp³-hybridized carbons (Fsp3) is 0.250. The lowest BCUT2D eigenvalue weighted by atomic mass is 10.1. The lowest BCUT2D eigenvalue weighted by Gasteiger charge is -2.12. The molecule has 0 aliphatic carbocycles. The molecule has 2 rings (SSSR count). The molecule has 0 aliphatic rings. The molecule has 104 valence electrons. The van der Waals surface area contributed by atoms with E-state index >= 15 is 0 Å². The maximum absolute atomic E-state index is 5.77. The minimum Gasteiger partial charge on any atom is -0.389 e. The van der Waals surface area contributed by atoms with Crippen molar-refractivity contribution in [1.29, 1.82) is 0 Å². The van der Waals surface area contributed by atoms with E-state index in [1.807, 2.05) is 13.0 Å². The zero-order valence-corrected chi connectivity index (χ0v) is 12.6. The third kappa shape index (κ3) is 3.33. The number of thiocarbonyl (C=S) groups is 1. The number of rotatable bonds is 5. The van der Waals surface area contributed by atoms with Gasteiger partial charge in [0.15, 0.2) is 0 Å². The third-order valence-corrected chi connectivity index (χ3v) is 3.56. The maximum atomic E-state index is 5.77. The van der Waals surface area contributed by atoms with Crippen LogP contribution >= 0.6 is 12.2 Å². The molecular weight excluding hydrogens is 266 g/mol. The summed E-state index contributed by atoms with van der Waals surface area (Å²) in [5.74, 6) is 0.770. The van der Waals surface area contributed by atoms with Crippen molar-refractivity contribution >= 4 is 23.0 Å². The average Bonchev–Trinajstić information content (AvgIpc) is 2.40. The normalized spacial score (nSPS) is 10.3. The number of nitrogens with zero attached hydrogens (tertiary/aromatic N) is 1. The van der Waals surface area contributed by atoms with Gasteiger partial charge in [-0.1, -0.05) is 36.5 Å². The molecule has 3 nitrogen and oxygen atoms in total. The molecular formula is C16H19N3S. The zero-order valence-electron chi connectivity index (χ0n) is 11.8. The highest BCUT2D eigenvalue weighted by Crippen LogP contribution is 2.16. The van der Waals surface area contributed by atoms with Crippen molar-refractivity contribution in [2.45, 2.75) is 20.3 Å². The number of pyridine rings is 1. The number of aryl methyl sites for hydroxylation is 2. The SMILES string of the molecule is Cc1ccccc1CCNc1nccc(C)c1C(N)=S. The Bertz CT molecular complexity index is 623. The number of hydrogen-bond acceptors (Lipinski definition) is 3. The van der Waals surface area contributed by atoms with E-state index in [4.69, 9.17) is 18.0 Å². The second-order valence-electron chi connectivity index (χ2n) is 4.82. The summed E-state index contributed by atoms with van der Waals surface area (Å²) in [6.07, 6.45) is 2.71. The molecule has 20 heavy (non-hydrogen) atoms. The monoisotopic (exact) mass is 285 g/mol. The molecule has 0 saturated carbocycles. The first kappa shape index (κ1) is 14.5. The molecule has 0 unspecified atom stereocenters. The predicted octanol–water partition coefficient (Wildman–Crippen LogP) is 2.99. The number of hydrogen-bond donors (Lipinski definition) is 2. The Morgan fingerprint density at radius 1 is 1.20 bits per heavy atom. The molecule has 1 aromatic heterocycles. The Morgan fingerprint density at radius 2 is 1.95 bits per heavy atom. The van der Waals surface area contributed by atoms with Crippen LogP contribution in [0.1, 0.15) is 22.3 Å². The first-order chi connectivity index (χ1) is 9.59. The van der Waals surface area contributed by atoms with E-state index in [9.17, 15) is 0 Å². The maximum Gasteiger partial charge on any atom is 0.136 e. The number of nitrogens with two attached hydrogens (primary N) is 1. The van der Waals surface area contributed by atoms with E-state index in [1.54, 1.807) is 6.20 Å². The molecule has 0 aliphatic heterocycles. The molecule has 1 aromatic carbocycles. The van der Waals surface area contributed by atoms with E-state index in [0.717, 1.165) is 29.9 Å². The van der Waals surface area contributed by atoms with E-state index in [0.29, 0.717) is 4.99 Å². The zero-order chi connectivity index (χ0) is 14.5. The van der Waals surface area contributed by atoms with E-state index in [2.05, 4.69) is 41.5 Å². The van der Waals surface area contributed by atoms with Crippen molar-refractivity contribution in [3.05, 3.63) is 58.8 Å². The quantitative estimate of drug-likeness (QED) is 0.829. The first-order valence-corrected chi connectivity index (χ1v) is 7.04. The Kier molecular flexibility index (Phi) is 4.69. The van der Waals surface area contributed by atoms with Crippen LogP contribution in [0.3, 0.4) is 0 Å². The van der Waals surface area contributed by atoms with Crippen LogP contribution in [0, 0.1) is 13.8 Å². The minimum absolute atomic E-state index is 0.383. The molecule has 0 fully saturated rings. The lowest BCUT2D eigenvalue weighted by molar-refractivity contribution is 0.991. The van der Waals surface area contributed by atoms with Crippen LogP contribution in [0.4, 0.5) is 5.82 Å². The number of nitrogens with one attached hydrogen (secondary N) is 1. The Hall–Kier alpha value is -1.94. The van der Waals surface area contributed by atoms with Gasteiger partial charge >= 0.3 is 0 Å². The molecule has 0 amide bonds. The number of aromatic nitrogens is 1. The van der Waals surface area contributed by atoms with Crippen LogP contribution in [0.15, 0.2) is 36.5 Å². The summed E-state index contributed by atoms with van der Waals surface area (Å²) in [5.41, 5.74) is 10.3. The Labute approximate surface area is 125 Å². The van der Waals surface area contributed by atoms with Gasteiger partial charge in [0.2, 0.25) is 0 Å². The van der Waals surface area contributed by atoms with E-state index < -0.39 is 0 Å². The first-order valence-electron chi connectivity index (χ1n) is 6.63. The van der Waals surface area contributed by atoms with Gasteiger partial charge in [-0.25, -0.2) is 4.98 Å². The summed E-state index contributed by atoms with van der Waals surface area (Å²) in [5, 5.41) is 3.33. The van der Waals surface area contributed by atoms with Gasteiger partial charge in [0, 0.05) is 12.7 Å². The Morgan fingerprint density at radius 3 is 2.65 bits per heavy atom. The Balaban J connectivity index is 2.07. The van der Waals surface area contributed by atoms with Gasteiger partial charge in [0.25, 0.3) is 0 Å². The molecule has 0 saturated heterocycles. The van der Waals surface area contributed by atoms with Crippen molar-refractivity contribution in [3.8, 4) is 0 Å². The van der Waals surface area contributed by atoms with E-state index in [-0.39, 0.29) is 0 Å². The molecule has 1 heterocycles. The summed E-state index contributed by atoms with van der Waals surface area (Å²) < 4.78 is 0. The molecule has 0 atom stereocenters. The van der Waals surface area contributed by atoms with Gasteiger partial charge in [0.1, 0.15) is 10.8 Å². The van der Waals surface area contributed by atoms with Gasteiger partial charge in [0.05, 0.1) is 5.56 Å². The van der Waals surface area contributed by atoms with E-state index in [1.165, 1.54) is 11.1 Å². The summed E-state index contributed by atoms with van der Waals surface area (Å²) in [6.45, 7) is 4.92. The molecule has 0 spiro atoms. The van der Waals surface area contributed by atoms with Crippen LogP contribution in [-0.4, -0.2) is 16.5 Å². The highest BCUT2D eigenvalue weighted by Gasteiger charge is 2.09. The van der Waals surface area contributed by atoms with Crippen molar-refractivity contribution in [3.63, 3.8) is 0 Å². The number of anilines is 1. The van der Waals surface area contributed by atoms with Crippen LogP contribution in [0.25, 0.3) is 0 Å². The molecule has 4 heteroatoms. The highest BCUT2D eigenvalue weighted by molar-refractivity contribution is 7.80. The van der Waals surface area contributed by atoms with Gasteiger partial charge in [-0.3, -0.25) is 0 Å². The van der Waals surface area contributed by atoms with Gasteiger partial charge in [-0.15, -0.1) is 0 Å². The average molecular weight is 285 g/mol. The molecule has 0 radical (unpaired) electrons. The smallest absolute Gasteiger partial charge is 0.136 e. The van der Waals surface area contributed by atoms with Gasteiger partial charge < -0.3 is 11.1 Å². The number of benzene rings is 1. The van der Waals surface area contributed by atoms with Crippen molar-refractivity contribution < 1.29 is 0 Å². The highest BCUT2D eigenvalue weighted by atomic mass is 32.1. The summed E-state index contributed by atoms with van der Waals surface area (Å²) in [6, 6.07) is 10.3. The standard InChI is InChI=1S/C16H19N3S/c1-11-5-3-4-6-13(11)8-10-19-16-14(15(17)20)12(2)7-9-18-16/h3-7,9H,8,10H2,1-2H3,(H2,17,20)(H,18,19). The fourth-order valence-electron chi connectivity index (χ4n) is 2.21. The second-order valence-corrected chi connectivity index (χ2v) is 5.26. The molecule has 3 N–H and O–H groups in total. The summed E-state index contributed by atoms with van der Waals surface area (Å²) >= 11 is 5.10. The van der Waals surface area contributed by atoms with Crippen molar-refractivity contribution in [2.24, 2.45) is 5.73 Å². The molecule has 2 aromatic rings. The van der Waals surface area contributed by atoms with Crippen molar-refractivity contribution in [2.75, 3.05) is 11.9 Å². The summed E-state index contributed by atoms with van der Waals surface area (Å²) in [7, 11) is 0. The van der Waals surface area contributed by atoms with Crippen LogP contribution in [0.5, 0.6) is 0 Å². The molecule has 0 bridgehead atoms. The van der Waals surface area contributed by atoms with Crippen LogP contribution in [0.2, 0.25) is 0 Å².